The SMILES string of the molecule is CCCCN1CCC(NC(=O)C2CC(C(=O)OCC)=NN2c2ccccc2)CC1. The van der Waals surface area contributed by atoms with Gasteiger partial charge in [0.05, 0.1) is 12.3 Å². The number of hydrogen-bond donors (Lipinski definition) is 1. The first-order valence-electron chi connectivity index (χ1n) is 10.7. The maximum absolute atomic E-state index is 13.1. The van der Waals surface area contributed by atoms with E-state index in [4.69, 9.17) is 4.74 Å². The van der Waals surface area contributed by atoms with E-state index in [1.807, 2.05) is 30.3 Å². The van der Waals surface area contributed by atoms with Crippen molar-refractivity contribution in [2.24, 2.45) is 5.10 Å². The van der Waals surface area contributed by atoms with Crippen LogP contribution in [0, 0.1) is 0 Å². The average Bonchev–Trinajstić information content (AvgIpc) is 3.20. The lowest BCUT2D eigenvalue weighted by molar-refractivity contribution is -0.135. The Balaban J connectivity index is 1.63. The van der Waals surface area contributed by atoms with Crippen LogP contribution in [0.5, 0.6) is 0 Å². The summed E-state index contributed by atoms with van der Waals surface area (Å²) < 4.78 is 5.10. The first-order valence-corrected chi connectivity index (χ1v) is 10.7. The van der Waals surface area contributed by atoms with Crippen LogP contribution in [0.25, 0.3) is 0 Å². The number of carbonyl (C=O) groups is 2. The highest BCUT2D eigenvalue weighted by atomic mass is 16.5. The zero-order chi connectivity index (χ0) is 20.6. The van der Waals surface area contributed by atoms with E-state index in [1.54, 1.807) is 11.9 Å². The molecule has 0 spiro atoms. The molecule has 0 radical (unpaired) electrons. The van der Waals surface area contributed by atoms with E-state index >= 15 is 0 Å². The highest BCUT2D eigenvalue weighted by molar-refractivity contribution is 6.38. The molecular formula is C22H32N4O3. The Bertz CT molecular complexity index is 714. The summed E-state index contributed by atoms with van der Waals surface area (Å²) in [6, 6.07) is 9.13. The van der Waals surface area contributed by atoms with Crippen LogP contribution in [0.15, 0.2) is 35.4 Å². The fraction of sp³-hybridized carbons (Fsp3) is 0.591. The summed E-state index contributed by atoms with van der Waals surface area (Å²) in [6.07, 6.45) is 4.60. The van der Waals surface area contributed by atoms with Gasteiger partial charge in [-0.3, -0.25) is 9.80 Å². The van der Waals surface area contributed by atoms with Gasteiger partial charge in [-0.05, 0) is 44.9 Å². The van der Waals surface area contributed by atoms with Gasteiger partial charge < -0.3 is 15.0 Å². The summed E-state index contributed by atoms with van der Waals surface area (Å²) in [6.45, 7) is 7.43. The molecule has 1 saturated heterocycles. The molecule has 0 bridgehead atoms. The number of amides is 1. The molecule has 1 fully saturated rings. The Morgan fingerprint density at radius 1 is 1.17 bits per heavy atom. The van der Waals surface area contributed by atoms with Crippen LogP contribution in [0.1, 0.15) is 46.0 Å². The summed E-state index contributed by atoms with van der Waals surface area (Å²) in [5.41, 5.74) is 1.09. The van der Waals surface area contributed by atoms with Gasteiger partial charge in [0.15, 0.2) is 0 Å². The second kappa shape index (κ2) is 10.4. The second-order valence-electron chi connectivity index (χ2n) is 7.65. The highest BCUT2D eigenvalue weighted by Crippen LogP contribution is 2.25. The molecule has 0 aromatic heterocycles. The topological polar surface area (TPSA) is 74.2 Å². The van der Waals surface area contributed by atoms with Crippen molar-refractivity contribution in [2.75, 3.05) is 31.3 Å². The first kappa shape index (κ1) is 21.3. The third kappa shape index (κ3) is 5.56. The average molecular weight is 401 g/mol. The molecule has 1 aromatic rings. The Morgan fingerprint density at radius 2 is 1.90 bits per heavy atom. The van der Waals surface area contributed by atoms with Crippen LogP contribution < -0.4 is 10.3 Å². The van der Waals surface area contributed by atoms with E-state index in [-0.39, 0.29) is 25.0 Å². The molecule has 0 aliphatic carbocycles. The molecule has 2 aliphatic heterocycles. The van der Waals surface area contributed by atoms with Crippen LogP contribution in [0.2, 0.25) is 0 Å². The fourth-order valence-corrected chi connectivity index (χ4v) is 3.85. The van der Waals surface area contributed by atoms with Crippen LogP contribution in [-0.2, 0) is 14.3 Å². The largest absolute Gasteiger partial charge is 0.461 e. The van der Waals surface area contributed by atoms with Gasteiger partial charge in [-0.25, -0.2) is 4.79 Å². The molecule has 2 heterocycles. The van der Waals surface area contributed by atoms with Crippen molar-refractivity contribution in [1.29, 1.82) is 0 Å². The number of piperidine rings is 1. The maximum Gasteiger partial charge on any atom is 0.354 e. The molecule has 158 valence electrons. The van der Waals surface area contributed by atoms with Gasteiger partial charge in [-0.1, -0.05) is 31.5 Å². The Kier molecular flexibility index (Phi) is 7.63. The molecular weight excluding hydrogens is 368 g/mol. The predicted octanol–water partition coefficient (Wildman–Crippen LogP) is 2.57. The molecule has 7 nitrogen and oxygen atoms in total. The number of benzene rings is 1. The molecule has 1 aromatic carbocycles. The molecule has 1 amide bonds. The number of hydrazone groups is 1. The van der Waals surface area contributed by atoms with E-state index < -0.39 is 12.0 Å². The molecule has 1 N–H and O–H groups in total. The number of nitrogens with zero attached hydrogens (tertiary/aromatic N) is 3. The summed E-state index contributed by atoms with van der Waals surface area (Å²) >= 11 is 0. The molecule has 7 heteroatoms. The van der Waals surface area contributed by atoms with E-state index in [2.05, 4.69) is 22.2 Å². The lowest BCUT2D eigenvalue weighted by atomic mass is 10.0. The molecule has 0 saturated carbocycles. The van der Waals surface area contributed by atoms with Crippen LogP contribution in [-0.4, -0.2) is 60.8 Å². The minimum Gasteiger partial charge on any atom is -0.461 e. The van der Waals surface area contributed by atoms with Crippen molar-refractivity contribution in [3.8, 4) is 0 Å². The van der Waals surface area contributed by atoms with Gasteiger partial charge in [0.2, 0.25) is 5.91 Å². The van der Waals surface area contributed by atoms with Gasteiger partial charge in [0.25, 0.3) is 0 Å². The zero-order valence-corrected chi connectivity index (χ0v) is 17.5. The van der Waals surface area contributed by atoms with Gasteiger partial charge in [0, 0.05) is 25.6 Å². The van der Waals surface area contributed by atoms with Crippen LogP contribution >= 0.6 is 0 Å². The summed E-state index contributed by atoms with van der Waals surface area (Å²) in [7, 11) is 0. The van der Waals surface area contributed by atoms with Gasteiger partial charge in [-0.15, -0.1) is 0 Å². The summed E-state index contributed by atoms with van der Waals surface area (Å²) in [5, 5.41) is 9.27. The number of ether oxygens (including phenoxy) is 1. The normalized spacial score (nSPS) is 20.4. The number of para-hydroxylation sites is 1. The lowest BCUT2D eigenvalue weighted by Crippen LogP contribution is -2.50. The number of esters is 1. The zero-order valence-electron chi connectivity index (χ0n) is 17.5. The number of nitrogens with one attached hydrogen (secondary N) is 1. The van der Waals surface area contributed by atoms with Gasteiger partial charge in [-0.2, -0.15) is 5.10 Å². The van der Waals surface area contributed by atoms with E-state index in [9.17, 15) is 9.59 Å². The van der Waals surface area contributed by atoms with E-state index in [0.717, 1.165) is 38.2 Å². The van der Waals surface area contributed by atoms with Crippen molar-refractivity contribution in [3.63, 3.8) is 0 Å². The smallest absolute Gasteiger partial charge is 0.354 e. The number of likely N-dealkylation sites (tertiary alicyclic amines) is 1. The summed E-state index contributed by atoms with van der Waals surface area (Å²) in [4.78, 5) is 27.7. The first-order chi connectivity index (χ1) is 14.1. The van der Waals surface area contributed by atoms with Gasteiger partial charge >= 0.3 is 5.97 Å². The van der Waals surface area contributed by atoms with Gasteiger partial charge in [0.1, 0.15) is 11.8 Å². The van der Waals surface area contributed by atoms with Crippen LogP contribution in [0.3, 0.4) is 0 Å². The van der Waals surface area contributed by atoms with Crippen molar-refractivity contribution >= 4 is 23.3 Å². The minimum atomic E-state index is -0.532. The highest BCUT2D eigenvalue weighted by Gasteiger charge is 2.37. The minimum absolute atomic E-state index is 0.0797. The predicted molar refractivity (Wildman–Crippen MR) is 114 cm³/mol. The number of rotatable bonds is 8. The molecule has 1 unspecified atom stereocenters. The molecule has 1 atom stereocenters. The Labute approximate surface area is 173 Å². The van der Waals surface area contributed by atoms with E-state index in [0.29, 0.717) is 5.71 Å². The molecule has 2 aliphatic rings. The molecule has 29 heavy (non-hydrogen) atoms. The maximum atomic E-state index is 13.1. The van der Waals surface area contributed by atoms with Crippen molar-refractivity contribution < 1.29 is 14.3 Å². The third-order valence-corrected chi connectivity index (χ3v) is 5.51. The van der Waals surface area contributed by atoms with E-state index in [1.165, 1.54) is 12.8 Å². The van der Waals surface area contributed by atoms with Crippen molar-refractivity contribution in [3.05, 3.63) is 30.3 Å². The quantitative estimate of drug-likeness (QED) is 0.679. The number of carbonyl (C=O) groups excluding carboxylic acids is 2. The van der Waals surface area contributed by atoms with Crippen molar-refractivity contribution in [1.82, 2.24) is 10.2 Å². The number of anilines is 1. The fourth-order valence-electron chi connectivity index (χ4n) is 3.85. The third-order valence-electron chi connectivity index (χ3n) is 5.51. The lowest BCUT2D eigenvalue weighted by Gasteiger charge is -2.33. The molecule has 3 rings (SSSR count). The Morgan fingerprint density at radius 3 is 2.55 bits per heavy atom. The van der Waals surface area contributed by atoms with Crippen LogP contribution in [0.4, 0.5) is 5.69 Å². The monoisotopic (exact) mass is 400 g/mol. The Hall–Kier alpha value is -2.41. The standard InChI is InChI=1S/C22H32N4O3/c1-3-5-13-25-14-11-17(12-15-25)23-21(27)20-16-19(22(28)29-4-2)24-26(20)18-9-7-6-8-10-18/h6-10,17,20H,3-5,11-16H2,1-2H3,(H,23,27). The van der Waals surface area contributed by atoms with Crippen molar-refractivity contribution in [2.45, 2.75) is 58.0 Å². The number of unbranched alkanes of at least 4 members (excludes halogenated alkanes) is 1. The number of hydrogen-bond acceptors (Lipinski definition) is 6. The second-order valence-corrected chi connectivity index (χ2v) is 7.65. The summed E-state index contributed by atoms with van der Waals surface area (Å²) in [5.74, 6) is -0.531.